The lowest BCUT2D eigenvalue weighted by Gasteiger charge is -2.38. The van der Waals surface area contributed by atoms with Gasteiger partial charge in [-0.1, -0.05) is 0 Å². The quantitative estimate of drug-likeness (QED) is 0.921. The molecule has 3 rings (SSSR count). The van der Waals surface area contributed by atoms with E-state index in [1.54, 1.807) is 18.4 Å². The van der Waals surface area contributed by atoms with E-state index in [2.05, 4.69) is 10.3 Å². The highest BCUT2D eigenvalue weighted by atomic mass is 32.1. The fourth-order valence-electron chi connectivity index (χ4n) is 2.99. The molecule has 6 heteroatoms. The minimum atomic E-state index is -0.337. The number of methoxy groups -OCH3 is 1. The molecule has 1 unspecified atom stereocenters. The van der Waals surface area contributed by atoms with E-state index in [4.69, 9.17) is 9.47 Å². The molecule has 1 aromatic carbocycles. The highest BCUT2D eigenvalue weighted by molar-refractivity contribution is 7.09. The Morgan fingerprint density at radius 1 is 1.50 bits per heavy atom. The molecule has 5 nitrogen and oxygen atoms in total. The second-order valence-corrected chi connectivity index (χ2v) is 7.69. The third-order valence-electron chi connectivity index (χ3n) is 4.02. The second kappa shape index (κ2) is 6.43. The van der Waals surface area contributed by atoms with Gasteiger partial charge in [0.05, 0.1) is 30.3 Å². The van der Waals surface area contributed by atoms with Gasteiger partial charge in [-0.3, -0.25) is 4.79 Å². The number of ether oxygens (including phenoxy) is 2. The Balaban J connectivity index is 1.80. The standard InChI is InChI=1S/C18H22N2O3S/c1-11-19-12(10-24-11)7-17(21)20-15-9-18(2,3)23-16-6-5-13(22-4)8-14(15)16/h5-6,8,10,15H,7,9H2,1-4H3,(H,20,21). The van der Waals surface area contributed by atoms with E-state index in [9.17, 15) is 4.79 Å². The number of thiazole rings is 1. The zero-order chi connectivity index (χ0) is 17.3. The zero-order valence-electron chi connectivity index (χ0n) is 14.4. The van der Waals surface area contributed by atoms with Crippen molar-refractivity contribution >= 4 is 17.2 Å². The predicted molar refractivity (Wildman–Crippen MR) is 93.8 cm³/mol. The lowest BCUT2D eigenvalue weighted by Crippen LogP contribution is -2.41. The number of aromatic nitrogens is 1. The molecule has 0 fully saturated rings. The topological polar surface area (TPSA) is 60.5 Å². The van der Waals surface area contributed by atoms with E-state index in [0.29, 0.717) is 12.8 Å². The molecule has 0 bridgehead atoms. The molecule has 1 aromatic heterocycles. The maximum Gasteiger partial charge on any atom is 0.226 e. The average Bonchev–Trinajstić information content (AvgIpc) is 2.90. The average molecular weight is 346 g/mol. The number of benzene rings is 1. The van der Waals surface area contributed by atoms with Gasteiger partial charge in [0, 0.05) is 17.4 Å². The molecule has 24 heavy (non-hydrogen) atoms. The van der Waals surface area contributed by atoms with Gasteiger partial charge in [-0.25, -0.2) is 4.98 Å². The van der Waals surface area contributed by atoms with Crippen molar-refractivity contribution in [1.82, 2.24) is 10.3 Å². The van der Waals surface area contributed by atoms with Crippen LogP contribution in [-0.2, 0) is 11.2 Å². The second-order valence-electron chi connectivity index (χ2n) is 6.62. The summed E-state index contributed by atoms with van der Waals surface area (Å²) < 4.78 is 11.3. The van der Waals surface area contributed by atoms with Crippen molar-refractivity contribution in [2.24, 2.45) is 0 Å². The van der Waals surface area contributed by atoms with Crippen LogP contribution in [0.15, 0.2) is 23.6 Å². The summed E-state index contributed by atoms with van der Waals surface area (Å²) in [4.78, 5) is 16.8. The monoisotopic (exact) mass is 346 g/mol. The van der Waals surface area contributed by atoms with Crippen LogP contribution in [0.1, 0.15) is 42.6 Å². The summed E-state index contributed by atoms with van der Waals surface area (Å²) in [5, 5.41) is 6.03. The van der Waals surface area contributed by atoms with E-state index in [1.165, 1.54) is 0 Å². The molecule has 128 valence electrons. The Morgan fingerprint density at radius 2 is 2.29 bits per heavy atom. The van der Waals surface area contributed by atoms with Gasteiger partial charge in [0.25, 0.3) is 0 Å². The molecule has 1 atom stereocenters. The molecule has 0 radical (unpaired) electrons. The number of hydrogen-bond donors (Lipinski definition) is 1. The number of rotatable bonds is 4. The maximum absolute atomic E-state index is 12.4. The number of nitrogens with one attached hydrogen (secondary N) is 1. The first-order valence-electron chi connectivity index (χ1n) is 7.93. The van der Waals surface area contributed by atoms with Crippen LogP contribution in [0.25, 0.3) is 0 Å². The van der Waals surface area contributed by atoms with E-state index < -0.39 is 0 Å². The van der Waals surface area contributed by atoms with Gasteiger partial charge in [0.15, 0.2) is 0 Å². The smallest absolute Gasteiger partial charge is 0.226 e. The molecular formula is C18H22N2O3S. The van der Waals surface area contributed by atoms with E-state index >= 15 is 0 Å². The third-order valence-corrected chi connectivity index (χ3v) is 4.84. The zero-order valence-corrected chi connectivity index (χ0v) is 15.2. The SMILES string of the molecule is COc1ccc2c(c1)C(NC(=O)Cc1csc(C)n1)CC(C)(C)O2. The number of hydrogen-bond acceptors (Lipinski definition) is 5. The molecule has 0 spiro atoms. The van der Waals surface area contributed by atoms with Crippen LogP contribution in [-0.4, -0.2) is 23.6 Å². The van der Waals surface area contributed by atoms with Crippen molar-refractivity contribution in [3.05, 3.63) is 39.8 Å². The Kier molecular flexibility index (Phi) is 4.49. The summed E-state index contributed by atoms with van der Waals surface area (Å²) in [6.07, 6.45) is 0.996. The van der Waals surface area contributed by atoms with Crippen molar-refractivity contribution in [2.75, 3.05) is 7.11 Å². The fraction of sp³-hybridized carbons (Fsp3) is 0.444. The van der Waals surface area contributed by atoms with Crippen molar-refractivity contribution < 1.29 is 14.3 Å². The van der Waals surface area contributed by atoms with Crippen molar-refractivity contribution in [3.8, 4) is 11.5 Å². The molecule has 2 aromatic rings. The Bertz CT molecular complexity index is 754. The van der Waals surface area contributed by atoms with Crippen molar-refractivity contribution in [1.29, 1.82) is 0 Å². The van der Waals surface area contributed by atoms with Crippen LogP contribution in [0.4, 0.5) is 0 Å². The summed E-state index contributed by atoms with van der Waals surface area (Å²) in [6.45, 7) is 6.00. The largest absolute Gasteiger partial charge is 0.497 e. The fourth-order valence-corrected chi connectivity index (χ4v) is 3.60. The number of fused-ring (bicyclic) bond motifs is 1. The normalized spacial score (nSPS) is 18.4. The third kappa shape index (κ3) is 3.70. The highest BCUT2D eigenvalue weighted by Gasteiger charge is 2.34. The van der Waals surface area contributed by atoms with E-state index in [-0.39, 0.29) is 17.6 Å². The van der Waals surface area contributed by atoms with Gasteiger partial charge >= 0.3 is 0 Å². The molecule has 0 aliphatic carbocycles. The molecule has 1 aliphatic rings. The molecule has 1 aliphatic heterocycles. The number of nitrogens with zero attached hydrogens (tertiary/aromatic N) is 1. The minimum absolute atomic E-state index is 0.0308. The molecule has 0 saturated heterocycles. The first kappa shape index (κ1) is 16.8. The van der Waals surface area contributed by atoms with Gasteiger partial charge in [0.2, 0.25) is 5.91 Å². The van der Waals surface area contributed by atoms with Gasteiger partial charge in [0.1, 0.15) is 17.1 Å². The van der Waals surface area contributed by atoms with Gasteiger partial charge in [-0.2, -0.15) is 0 Å². The Labute approximate surface area is 146 Å². The van der Waals surface area contributed by atoms with E-state index in [1.807, 2.05) is 44.4 Å². The van der Waals surface area contributed by atoms with E-state index in [0.717, 1.165) is 27.8 Å². The Morgan fingerprint density at radius 3 is 2.96 bits per heavy atom. The molecular weight excluding hydrogens is 324 g/mol. The van der Waals surface area contributed by atoms with Gasteiger partial charge < -0.3 is 14.8 Å². The van der Waals surface area contributed by atoms with Crippen LogP contribution in [0, 0.1) is 6.92 Å². The molecule has 0 saturated carbocycles. The van der Waals surface area contributed by atoms with Gasteiger partial charge in [-0.05, 0) is 39.0 Å². The molecule has 1 N–H and O–H groups in total. The summed E-state index contributed by atoms with van der Waals surface area (Å²) >= 11 is 1.56. The van der Waals surface area contributed by atoms with Crippen LogP contribution in [0.2, 0.25) is 0 Å². The maximum atomic E-state index is 12.4. The summed E-state index contributed by atoms with van der Waals surface area (Å²) in [5.41, 5.74) is 1.43. The lowest BCUT2D eigenvalue weighted by atomic mass is 9.89. The van der Waals surface area contributed by atoms with Crippen molar-refractivity contribution in [2.45, 2.75) is 45.3 Å². The minimum Gasteiger partial charge on any atom is -0.497 e. The van der Waals surface area contributed by atoms with Gasteiger partial charge in [-0.15, -0.1) is 11.3 Å². The highest BCUT2D eigenvalue weighted by Crippen LogP contribution is 2.41. The summed E-state index contributed by atoms with van der Waals surface area (Å²) in [7, 11) is 1.63. The predicted octanol–water partition coefficient (Wildman–Crippen LogP) is 3.42. The van der Waals surface area contributed by atoms with Crippen LogP contribution < -0.4 is 14.8 Å². The summed E-state index contributed by atoms with van der Waals surface area (Å²) in [5.74, 6) is 1.52. The van der Waals surface area contributed by atoms with Crippen LogP contribution in [0.3, 0.4) is 0 Å². The Hall–Kier alpha value is -2.08. The molecule has 1 amide bonds. The summed E-state index contributed by atoms with van der Waals surface area (Å²) in [6, 6.07) is 5.60. The molecule has 2 heterocycles. The van der Waals surface area contributed by atoms with Crippen LogP contribution >= 0.6 is 11.3 Å². The van der Waals surface area contributed by atoms with Crippen LogP contribution in [0.5, 0.6) is 11.5 Å². The lowest BCUT2D eigenvalue weighted by molar-refractivity contribution is -0.121. The first-order valence-corrected chi connectivity index (χ1v) is 8.81. The number of aryl methyl sites for hydroxylation is 1. The number of amides is 1. The van der Waals surface area contributed by atoms with Crippen molar-refractivity contribution in [3.63, 3.8) is 0 Å². The first-order chi connectivity index (χ1) is 11.4. The number of carbonyl (C=O) groups is 1. The number of carbonyl (C=O) groups excluding carboxylic acids is 1.